The molecule has 0 N–H and O–H groups in total. The number of benzene rings is 8. The first kappa shape index (κ1) is 76.1. The summed E-state index contributed by atoms with van der Waals surface area (Å²) in [6.45, 7) is 30.1. The summed E-state index contributed by atoms with van der Waals surface area (Å²) in [5.41, 5.74) is 29.7. The average molecular weight is 2780 g/mol. The Morgan fingerprint density at radius 1 is 0.408 bits per heavy atom. The molecule has 2 aliphatic carbocycles. The molecule has 0 saturated heterocycles. The van der Waals surface area contributed by atoms with Crippen LogP contribution in [0.4, 0.5) is 62.6 Å². The first-order chi connectivity index (χ1) is 46.0. The second kappa shape index (κ2) is 27.6. The predicted molar refractivity (Wildman–Crippen MR) is 534 cm³/mol. The van der Waals surface area contributed by atoms with Gasteiger partial charge in [-0.3, -0.25) is 0 Å². The fourth-order valence-corrected chi connectivity index (χ4v) is 1490. The van der Waals surface area contributed by atoms with Gasteiger partial charge in [0.05, 0.1) is 16.8 Å². The number of hydrogen-bond acceptors (Lipinski definition) is 5. The van der Waals surface area contributed by atoms with E-state index in [1.807, 2.05) is 0 Å². The molecule has 18 rings (SSSR count). The first-order valence-electron chi connectivity index (χ1n) is 33.5. The standard InChI is InChI=1S/C44H44BN3.C32H34BClN2.CH4.I13/c1-41(2)32-21-15-23-34-39(32)47(42(41,3)4)36-27-31(46(29-17-9-7-10-18-29)30-19-11-8-12-20-30)28-37-38(36)45(34)35-24-16-22-33-40(35)48(37)44(6)26-14-13-25-43(33,44)5;1-29(2)20-11-9-13-22-27(20)35(30(29,3)4)24-17-19(34)18-25-26(24)33(22)23-14-10-12-21-28(23)36(25)32(6)16-8-7-15-31(21,32)5;;1-8-10(4)12(6)13(7)11(5)9(2)3/h7-12,15-24,27-28H,13-14,25-26H2,1-6H3;9-14,17-18H,7-8,15-16H2,1-6H3;1H4;/q;;;-1. The molecular formula is C77H82B2ClI13N5-. The second-order valence-corrected chi connectivity index (χ2v) is 291. The molecule has 0 radical (unpaired) electrons. The molecule has 0 amide bonds. The van der Waals surface area contributed by atoms with E-state index in [2.05, 4.69) is 396 Å². The van der Waals surface area contributed by atoms with Crippen LogP contribution in [-0.4, -0.2) is 35.6 Å². The normalized spacial score (nSPS) is 24.9. The molecule has 8 aromatic rings. The van der Waals surface area contributed by atoms with E-state index in [9.17, 15) is 0 Å². The van der Waals surface area contributed by atoms with E-state index in [0.717, 1.165) is 5.02 Å². The van der Waals surface area contributed by atoms with E-state index >= 15 is 0 Å². The molecule has 5 nitrogen and oxygen atoms in total. The maximum absolute atomic E-state index is 7.03. The van der Waals surface area contributed by atoms with Crippen LogP contribution in [0.1, 0.15) is 164 Å². The summed E-state index contributed by atoms with van der Waals surface area (Å²) in [5.74, 6) is 0. The quantitative estimate of drug-likeness (QED) is 0.111. The van der Waals surface area contributed by atoms with Crippen LogP contribution >= 0.6 is 181 Å². The van der Waals surface area contributed by atoms with Gasteiger partial charge in [0.2, 0.25) is 0 Å². The van der Waals surface area contributed by atoms with Gasteiger partial charge in [0.25, 0.3) is 13.4 Å². The van der Waals surface area contributed by atoms with Crippen LogP contribution in [0.25, 0.3) is 0 Å². The van der Waals surface area contributed by atoms with Gasteiger partial charge in [0, 0.05) is 94.6 Å². The van der Waals surface area contributed by atoms with Crippen molar-refractivity contribution in [3.63, 3.8) is 0 Å². The van der Waals surface area contributed by atoms with Crippen molar-refractivity contribution in [3.05, 3.63) is 185 Å². The van der Waals surface area contributed by atoms with Crippen LogP contribution < -0.4 is 70.5 Å². The predicted octanol–water partition coefficient (Wildman–Crippen LogP) is 24.0. The van der Waals surface area contributed by atoms with Crippen molar-refractivity contribution < 1.29 is 13.3 Å². The maximum atomic E-state index is 7.03. The van der Waals surface area contributed by atoms with Gasteiger partial charge in [0.15, 0.2) is 0 Å². The van der Waals surface area contributed by atoms with Gasteiger partial charge in [-0.05, 0) is 171 Å². The SMILES string of the molecule is C.CC1(C)c2cccc3c2N(c2cc(Cl)cc4c2B3c2cccc3c2N4C2(C)CCCCC32C)C1(C)C.CC1(C)c2cccc3c2N(c2cc(N(c4ccccc4)c4ccccc4)cc4c2B3c2cccc3c2N4C2(C)CCCCC32C)C1(C)C.I[I-]I(I)I(I)I(I)I(I)I(I)I. The topological polar surface area (TPSA) is 16.2 Å². The Bertz CT molecular complexity index is 4530. The number of fused-ring (bicyclic) bond motifs is 14. The summed E-state index contributed by atoms with van der Waals surface area (Å²) >= 11 is 28.0. The molecule has 0 aromatic heterocycles. The number of rotatable bonds is 8. The third-order valence-electron chi connectivity index (χ3n) is 26.1. The Balaban J connectivity index is 0.000000138. The minimum absolute atomic E-state index is 0. The van der Waals surface area contributed by atoms with Gasteiger partial charge in [-0.1, -0.05) is 195 Å². The molecule has 4 unspecified atom stereocenters. The summed E-state index contributed by atoms with van der Waals surface area (Å²) in [6.07, 6.45) is 10.1. The van der Waals surface area contributed by atoms with E-state index in [1.54, 1.807) is 11.1 Å². The Morgan fingerprint density at radius 2 is 0.755 bits per heavy atom. The first-order valence-corrected chi connectivity index (χ1v) is 109. The van der Waals surface area contributed by atoms with Crippen LogP contribution in [-0.2, 0) is 21.7 Å². The second-order valence-electron chi connectivity index (χ2n) is 30.8. The number of anilines is 11. The van der Waals surface area contributed by atoms with Crippen LogP contribution in [0.3, 0.4) is 0 Å². The van der Waals surface area contributed by atoms with Crippen molar-refractivity contribution >= 4 is 290 Å². The molecule has 8 heterocycles. The Kier molecular flexibility index (Phi) is 21.4. The molecular weight excluding hydrogens is 2700 g/mol. The molecule has 10 aliphatic rings. The van der Waals surface area contributed by atoms with Gasteiger partial charge in [-0.2, -0.15) is 0 Å². The van der Waals surface area contributed by atoms with E-state index in [1.165, 1.54) is 158 Å². The summed E-state index contributed by atoms with van der Waals surface area (Å²) < 4.78 is 0. The molecule has 0 bridgehead atoms. The number of hydrogen-bond donors (Lipinski definition) is 0. The van der Waals surface area contributed by atoms with Crippen LogP contribution in [0.15, 0.2) is 158 Å². The van der Waals surface area contributed by atoms with E-state index in [-0.39, 0.29) is 104 Å². The molecule has 520 valence electrons. The van der Waals surface area contributed by atoms with Crippen molar-refractivity contribution in [1.82, 2.24) is 0 Å². The van der Waals surface area contributed by atoms with Crippen LogP contribution in [0, 0.1) is 0 Å². The van der Waals surface area contributed by atoms with E-state index in [4.69, 9.17) is 11.6 Å². The zero-order valence-corrected chi connectivity index (χ0v) is 85.2. The summed E-state index contributed by atoms with van der Waals surface area (Å²) in [5, 5.41) is 0.845. The van der Waals surface area contributed by atoms with Crippen LogP contribution in [0.2, 0.25) is 5.02 Å². The average Bonchev–Trinajstić information content (AvgIpc) is 1.48. The number of halogens is 14. The molecule has 8 aliphatic heterocycles. The molecule has 4 atom stereocenters. The Morgan fingerprint density at radius 3 is 1.14 bits per heavy atom. The van der Waals surface area contributed by atoms with E-state index in [0.29, 0.717) is 13.3 Å². The van der Waals surface area contributed by atoms with Crippen molar-refractivity contribution in [3.8, 4) is 0 Å². The van der Waals surface area contributed by atoms with Gasteiger partial charge in [-0.25, -0.2) is 0 Å². The molecule has 8 aromatic carbocycles. The zero-order valence-electron chi connectivity index (χ0n) is 56.4. The van der Waals surface area contributed by atoms with Crippen molar-refractivity contribution in [2.45, 2.75) is 186 Å². The third kappa shape index (κ3) is 10.8. The summed E-state index contributed by atoms with van der Waals surface area (Å²) in [4.78, 5) is 13.5. The molecule has 98 heavy (non-hydrogen) atoms. The van der Waals surface area contributed by atoms with Gasteiger partial charge < -0.3 is 24.5 Å². The molecule has 21 heteroatoms. The number of para-hydroxylation sites is 6. The van der Waals surface area contributed by atoms with Gasteiger partial charge >= 0.3 is 183 Å². The van der Waals surface area contributed by atoms with Crippen molar-refractivity contribution in [1.29, 1.82) is 0 Å². The number of nitrogens with zero attached hydrogens (tertiary/aromatic N) is 5. The van der Waals surface area contributed by atoms with Gasteiger partial charge in [0.1, 0.15) is 0 Å². The fraction of sp³-hybridized carbons (Fsp3) is 0.377. The molecule has 2 saturated carbocycles. The zero-order chi connectivity index (χ0) is 68.4. The van der Waals surface area contributed by atoms with Gasteiger partial charge in [-0.15, -0.1) is 0 Å². The Labute approximate surface area is 684 Å². The Hall–Kier alpha value is 2.67. The van der Waals surface area contributed by atoms with Crippen molar-refractivity contribution in [2.75, 3.05) is 24.5 Å². The molecule has 0 spiro atoms. The molecule has 2 fully saturated rings. The third-order valence-corrected chi connectivity index (χ3v) is 770. The minimum atomic E-state index is -0.380. The monoisotopic (exact) mass is 2780 g/mol. The van der Waals surface area contributed by atoms with Crippen LogP contribution in [0.5, 0.6) is 0 Å². The summed E-state index contributed by atoms with van der Waals surface area (Å²) in [7, 11) is -1.56. The van der Waals surface area contributed by atoms with Crippen molar-refractivity contribution in [2.24, 2.45) is 0 Å². The summed E-state index contributed by atoms with van der Waals surface area (Å²) in [6, 6.07) is 60.2. The van der Waals surface area contributed by atoms with E-state index < -0.39 is 0 Å². The fourth-order valence-electron chi connectivity index (χ4n) is 19.8.